The Hall–Kier alpha value is -5.32. The van der Waals surface area contributed by atoms with Crippen molar-refractivity contribution in [1.82, 2.24) is 40.4 Å². The summed E-state index contributed by atoms with van der Waals surface area (Å²) in [6.07, 6.45) is -1.30. The molecule has 3 saturated carbocycles. The molecule has 2 aromatic heterocycles. The van der Waals surface area contributed by atoms with Crippen molar-refractivity contribution in [2.45, 2.75) is 128 Å². The number of hydrogen-bond acceptors (Lipinski definition) is 14. The first-order valence-corrected chi connectivity index (χ1v) is 30.1. The monoisotopic (exact) mass is 1550 g/mol. The van der Waals surface area contributed by atoms with E-state index in [1.807, 2.05) is 0 Å². The summed E-state index contributed by atoms with van der Waals surface area (Å²) in [4.78, 5) is 93.9. The van der Waals surface area contributed by atoms with Gasteiger partial charge in [0.25, 0.3) is 36.1 Å². The van der Waals surface area contributed by atoms with E-state index in [1.54, 1.807) is 66.7 Å². The number of nitrogens with one attached hydrogen (secondary N) is 3. The third kappa shape index (κ3) is 29.1. The number of rotatable bonds is 21. The number of amides is 5. The molecule has 5 amide bonds. The summed E-state index contributed by atoms with van der Waals surface area (Å²) < 4.78 is 119. The summed E-state index contributed by atoms with van der Waals surface area (Å²) >= 11 is 22.3. The van der Waals surface area contributed by atoms with Gasteiger partial charge in [0.2, 0.25) is 17.7 Å². The van der Waals surface area contributed by atoms with Gasteiger partial charge in [-0.2, -0.15) is 10.2 Å². The molecule has 2 heterocycles. The molecule has 37 heteroatoms. The summed E-state index contributed by atoms with van der Waals surface area (Å²) in [5.41, 5.74) is 17.6. The van der Waals surface area contributed by atoms with E-state index in [2.05, 4.69) is 31.0 Å². The first-order valence-electron chi connectivity index (χ1n) is 28.5. The third-order valence-electron chi connectivity index (χ3n) is 14.2. The van der Waals surface area contributed by atoms with Crippen LogP contribution in [-0.2, 0) is 66.3 Å². The van der Waals surface area contributed by atoms with Crippen molar-refractivity contribution >= 4 is 116 Å². The van der Waals surface area contributed by atoms with Gasteiger partial charge in [-0.25, -0.2) is 39.5 Å². The summed E-state index contributed by atoms with van der Waals surface area (Å²) in [5, 5.41) is 33.8. The minimum Gasteiger partial charge on any atom is -1.00 e. The number of para-hydroxylation sites is 2. The van der Waals surface area contributed by atoms with Gasteiger partial charge < -0.3 is 54.7 Å². The number of primary amides is 2. The van der Waals surface area contributed by atoms with Crippen LogP contribution in [0.5, 0.6) is 0 Å². The number of aryl methyl sites for hydroxylation is 1. The second kappa shape index (κ2) is 43.7. The molecule has 7 aromatic rings. The molecule has 0 bridgehead atoms. The number of benzene rings is 5. The summed E-state index contributed by atoms with van der Waals surface area (Å²) in [7, 11) is 0. The maximum atomic E-state index is 14.1. The molecule has 0 aliphatic heterocycles. The summed E-state index contributed by atoms with van der Waals surface area (Å²) in [6.45, 7) is -1.64. The van der Waals surface area contributed by atoms with Crippen LogP contribution in [0.3, 0.4) is 0 Å². The second-order valence-electron chi connectivity index (χ2n) is 21.5. The van der Waals surface area contributed by atoms with Gasteiger partial charge >= 0.3 is 109 Å². The van der Waals surface area contributed by atoms with Crippen molar-refractivity contribution in [2.75, 3.05) is 19.0 Å². The van der Waals surface area contributed by atoms with Crippen LogP contribution in [0.15, 0.2) is 103 Å². The molecule has 100 heavy (non-hydrogen) atoms. The number of hydrogen-bond donors (Lipinski definition) is 7. The Morgan fingerprint density at radius 1 is 0.640 bits per heavy atom. The maximum absolute atomic E-state index is 14.1. The van der Waals surface area contributed by atoms with Gasteiger partial charge in [-0.3, -0.25) is 47.7 Å². The largest absolute Gasteiger partial charge is 1.00 e. The van der Waals surface area contributed by atoms with Crippen LogP contribution >= 0.6 is 46.4 Å². The maximum Gasteiger partial charge on any atom is 1.00 e. The molecular formula is C63H70Cl4F9K2N11O11. The van der Waals surface area contributed by atoms with Crippen molar-refractivity contribution < 1.29 is 197 Å². The van der Waals surface area contributed by atoms with Gasteiger partial charge in [-0.1, -0.05) is 122 Å². The first kappa shape index (κ1) is 92.7. The number of carbonyl (C=O) groups is 8. The number of alkyl halides is 7. The molecule has 0 atom stereocenters. The van der Waals surface area contributed by atoms with Gasteiger partial charge in [-0.15, -0.1) is 11.6 Å². The number of ketones is 1. The normalized spacial score (nSPS) is 14.2. The minimum absolute atomic E-state index is 0. The zero-order valence-corrected chi connectivity index (χ0v) is 61.4. The van der Waals surface area contributed by atoms with E-state index < -0.39 is 96.8 Å². The van der Waals surface area contributed by atoms with Crippen molar-refractivity contribution in [1.29, 1.82) is 0 Å². The van der Waals surface area contributed by atoms with E-state index in [0.717, 1.165) is 4.90 Å². The number of aliphatic carboxylic acids is 1. The van der Waals surface area contributed by atoms with Crippen LogP contribution in [-0.4, -0.2) is 132 Å². The Morgan fingerprint density at radius 2 is 1.04 bits per heavy atom. The van der Waals surface area contributed by atoms with Gasteiger partial charge in [-0.05, 0) is 42.3 Å². The Morgan fingerprint density at radius 3 is 1.42 bits per heavy atom. The number of carbonyl (C=O) groups excluding carboxylic acids is 7. The van der Waals surface area contributed by atoms with Crippen LogP contribution in [0, 0.1) is 17.5 Å². The molecule has 10 N–H and O–H groups in total. The molecule has 22 nitrogen and oxygen atoms in total. The molecule has 0 saturated heterocycles. The van der Waals surface area contributed by atoms with Crippen LogP contribution in [0.25, 0.3) is 21.8 Å². The molecule has 3 fully saturated rings. The first-order chi connectivity index (χ1) is 45.2. The number of carboxylic acids is 1. The van der Waals surface area contributed by atoms with Crippen molar-refractivity contribution in [3.63, 3.8) is 0 Å². The van der Waals surface area contributed by atoms with Gasteiger partial charge in [0.1, 0.15) is 36.3 Å². The Bertz CT molecular complexity index is 3910. The fourth-order valence-electron chi connectivity index (χ4n) is 9.34. The van der Waals surface area contributed by atoms with Gasteiger partial charge in [0.05, 0.1) is 45.1 Å². The van der Waals surface area contributed by atoms with E-state index in [1.165, 1.54) is 45.8 Å². The molecule has 0 radical (unpaired) electrons. The van der Waals surface area contributed by atoms with Crippen LogP contribution in [0.2, 0.25) is 15.1 Å². The zero-order valence-electron chi connectivity index (χ0n) is 53.1. The van der Waals surface area contributed by atoms with E-state index in [4.69, 9.17) is 78.8 Å². The zero-order chi connectivity index (χ0) is 71.2. The Balaban J connectivity index is 0.00000130. The average Bonchev–Trinajstić information content (AvgIpc) is 1.77. The van der Waals surface area contributed by atoms with E-state index in [-0.39, 0.29) is 251 Å². The fraction of sp³-hybridized carbons (Fsp3) is 0.365. The molecule has 10 rings (SSSR count). The Kier molecular flexibility index (Phi) is 40.5. The summed E-state index contributed by atoms with van der Waals surface area (Å²) in [5.74, 6) is -13.9. The smallest absolute Gasteiger partial charge is 1.00 e. The van der Waals surface area contributed by atoms with Crippen molar-refractivity contribution in [3.05, 3.63) is 164 Å². The third-order valence-corrected chi connectivity index (χ3v) is 15.3. The minimum atomic E-state index is -2.93. The number of halogens is 13. The van der Waals surface area contributed by atoms with E-state index in [0.29, 0.717) is 33.8 Å². The Labute approximate surface area is 674 Å². The molecule has 5 aromatic carbocycles. The fourth-order valence-corrected chi connectivity index (χ4v) is 10.1. The van der Waals surface area contributed by atoms with Gasteiger partial charge in [0, 0.05) is 98.1 Å². The number of nitrogens with two attached hydrogens (primary N) is 3. The summed E-state index contributed by atoms with van der Waals surface area (Å²) in [6, 6.07) is 25.6. The average molecular weight is 1550 g/mol. The van der Waals surface area contributed by atoms with Crippen molar-refractivity contribution in [3.8, 4) is 0 Å². The van der Waals surface area contributed by atoms with Crippen LogP contribution < -0.4 is 141 Å². The quantitative estimate of drug-likeness (QED) is 0.0135. The van der Waals surface area contributed by atoms with Crippen molar-refractivity contribution in [2.24, 2.45) is 17.2 Å². The topological polar surface area (TPSA) is 342 Å². The van der Waals surface area contributed by atoms with Gasteiger partial charge in [0.15, 0.2) is 11.4 Å². The van der Waals surface area contributed by atoms with E-state index in [9.17, 15) is 73.1 Å². The molecule has 536 valence electrons. The number of Topliss-reactive ketones (excluding diaryl/α,β-unsaturated/α-hetero) is 1. The van der Waals surface area contributed by atoms with E-state index >= 15 is 0 Å². The number of aromatic nitrogens is 4. The molecular weight excluding hydrogens is 1480 g/mol. The predicted molar refractivity (Wildman–Crippen MR) is 346 cm³/mol. The number of fused-ring (bicyclic) bond motifs is 2. The standard InChI is InChI=1S/C23H21ClF3N5O3.C13H14ClF3N2O.C10H9Cl2FO.C10H9N3O3.C4H7F2N.CH2O3.2CH4.2K.H/c24-16-6-3-4-13(20(16)25)10-29-18(33)11-31(14-8-23(26,27)9-14)19(34)12-32-17-7-2-1-5-15(17)21(30-32)22(28)35;14-10-3-1-2-8(12(10)15)6-19-11(20)7-18-9-4-13(16,17)5-9;11-6-8(14)5-4-7-2-1-3-9(12)10(7)13;11-10(16)9-6-3-1-2-4-7(6)13(12-9)5-8(14)15;5-4(6)1-3(7)2-4;2-1-4-3;;;;;/h1-7,14H,8-12H2,(H2,28,35)(H,29,33);1-3,9,18H,4-7H2,(H,19,20);1-3H,4-6H2;1-4H,5H2,(H2,11,16)(H,14,15);3H,1-2,7H2;1,3H;2*1H4;;;/q;;;;;;;;2*+1;-1/p-1. The molecule has 3 aliphatic carbocycles. The SMILES string of the molecule is C.C.NC(=O)c1nn(CC(=O)N(CC(=O)NCc2cccc(Cl)c2F)C2CC(F)(F)C2)c2ccccc12.NC(=O)c1nn(CC(=O)O)c2ccccc12.NC1CC(F)(F)C1.O=C(CCl)CCc1cccc(Cl)c1F.O=C(CNC1CC(F)(F)C1)NCc1cccc(Cl)c1F.O=CO[O-].[H-].[K+].[K+]. The molecule has 3 aliphatic rings. The number of carboxylic acid groups (broad SMARTS) is 1. The molecule has 0 unspecified atom stereocenters. The van der Waals surface area contributed by atoms with Crippen LogP contribution in [0.1, 0.15) is 98.9 Å². The second-order valence-corrected chi connectivity index (χ2v) is 23.0. The predicted octanol–water partition coefficient (Wildman–Crippen LogP) is 3.36. The van der Waals surface area contributed by atoms with Crippen LogP contribution in [0.4, 0.5) is 39.5 Å². The number of nitrogens with zero attached hydrogens (tertiary/aromatic N) is 5. The molecule has 0 spiro atoms.